The molecule has 0 spiro atoms. The predicted octanol–water partition coefficient (Wildman–Crippen LogP) is 14.6. The van der Waals surface area contributed by atoms with E-state index in [1.807, 2.05) is 0 Å². The number of benzene rings is 9. The van der Waals surface area contributed by atoms with Gasteiger partial charge in [-0.1, -0.05) is 146 Å². The first-order chi connectivity index (χ1) is 27.3. The van der Waals surface area contributed by atoms with Crippen molar-refractivity contribution in [1.82, 2.24) is 4.57 Å². The molecule has 55 heavy (non-hydrogen) atoms. The second-order valence-electron chi connectivity index (χ2n) is 14.1. The lowest BCUT2D eigenvalue weighted by Crippen LogP contribution is -2.10. The summed E-state index contributed by atoms with van der Waals surface area (Å²) in [6.07, 6.45) is 0. The van der Waals surface area contributed by atoms with Crippen molar-refractivity contribution in [2.75, 3.05) is 4.90 Å². The molecule has 0 amide bonds. The summed E-state index contributed by atoms with van der Waals surface area (Å²) in [5, 5.41) is 6.99. The molecule has 0 atom stereocenters. The number of para-hydroxylation sites is 3. The van der Waals surface area contributed by atoms with Crippen LogP contribution in [-0.4, -0.2) is 4.57 Å². The number of nitrogens with zero attached hydrogens (tertiary/aromatic N) is 2. The maximum Gasteiger partial charge on any atom is 0.143 e. The van der Waals surface area contributed by atoms with Crippen LogP contribution in [0.25, 0.3) is 82.5 Å². The van der Waals surface area contributed by atoms with Crippen molar-refractivity contribution in [3.8, 4) is 27.9 Å². The molecule has 2 heterocycles. The third-order valence-corrected chi connectivity index (χ3v) is 11.0. The molecule has 9 aromatic carbocycles. The minimum Gasteiger partial charge on any atom is -0.455 e. The molecular weight excluding hydrogens is 669 g/mol. The molecule has 0 unspecified atom stereocenters. The van der Waals surface area contributed by atoms with Gasteiger partial charge in [-0.15, -0.1) is 0 Å². The van der Waals surface area contributed by atoms with Gasteiger partial charge >= 0.3 is 0 Å². The van der Waals surface area contributed by atoms with E-state index in [9.17, 15) is 0 Å². The van der Waals surface area contributed by atoms with E-state index >= 15 is 0 Å². The minimum absolute atomic E-state index is 0.866. The monoisotopic (exact) mass is 702 g/mol. The molecular formula is C52H34N2O. The van der Waals surface area contributed by atoms with E-state index in [2.05, 4.69) is 216 Å². The van der Waals surface area contributed by atoms with Gasteiger partial charge < -0.3 is 13.9 Å². The van der Waals surface area contributed by atoms with Crippen molar-refractivity contribution in [3.63, 3.8) is 0 Å². The normalized spacial score (nSPS) is 11.6. The fraction of sp³-hybridized carbons (Fsp3) is 0. The molecule has 3 heteroatoms. The third-order valence-electron chi connectivity index (χ3n) is 11.0. The molecule has 0 aliphatic carbocycles. The molecule has 3 nitrogen and oxygen atoms in total. The van der Waals surface area contributed by atoms with Gasteiger partial charge in [-0.3, -0.25) is 0 Å². The summed E-state index contributed by atoms with van der Waals surface area (Å²) in [7, 11) is 0. The van der Waals surface area contributed by atoms with E-state index in [0.717, 1.165) is 61.2 Å². The Morgan fingerprint density at radius 2 is 1.05 bits per heavy atom. The molecule has 0 aliphatic heterocycles. The second kappa shape index (κ2) is 12.6. The maximum atomic E-state index is 6.68. The highest BCUT2D eigenvalue weighted by Gasteiger charge is 2.21. The van der Waals surface area contributed by atoms with Crippen LogP contribution in [0.1, 0.15) is 0 Å². The van der Waals surface area contributed by atoms with Gasteiger partial charge in [0.1, 0.15) is 11.2 Å². The summed E-state index contributed by atoms with van der Waals surface area (Å²) < 4.78 is 9.09. The number of rotatable bonds is 6. The average molecular weight is 703 g/mol. The van der Waals surface area contributed by atoms with Gasteiger partial charge in [0, 0.05) is 38.5 Å². The summed E-state index contributed by atoms with van der Waals surface area (Å²) in [5.74, 6) is 0. The maximum absolute atomic E-state index is 6.68. The number of aromatic nitrogens is 1. The van der Waals surface area contributed by atoms with Gasteiger partial charge in [0.15, 0.2) is 0 Å². The number of hydrogen-bond acceptors (Lipinski definition) is 2. The first kappa shape index (κ1) is 31.2. The summed E-state index contributed by atoms with van der Waals surface area (Å²) >= 11 is 0. The van der Waals surface area contributed by atoms with Gasteiger partial charge in [0.2, 0.25) is 0 Å². The smallest absolute Gasteiger partial charge is 0.143 e. The van der Waals surface area contributed by atoms with Crippen molar-refractivity contribution >= 4 is 71.6 Å². The Morgan fingerprint density at radius 3 is 1.85 bits per heavy atom. The number of furan rings is 1. The lowest BCUT2D eigenvalue weighted by molar-refractivity contribution is 0.672. The highest BCUT2D eigenvalue weighted by atomic mass is 16.3. The lowest BCUT2D eigenvalue weighted by Gasteiger charge is -2.27. The van der Waals surface area contributed by atoms with E-state index in [1.54, 1.807) is 0 Å². The number of hydrogen-bond donors (Lipinski definition) is 0. The summed E-state index contributed by atoms with van der Waals surface area (Å²) in [5.41, 5.74) is 13.2. The standard InChI is InChI=1S/C52H34N2O/c1-2-14-35(15-3-1)38-17-12-18-40(34-38)53(49-26-13-27-50-51(49)45-33-30-36-16-4-5-20-42(36)52(45)55-50)39-31-28-37(29-32-39)41-19-6-9-23-46(41)54-47-24-10-7-21-43(47)44-22-8-11-25-48(44)54/h1-34H. The summed E-state index contributed by atoms with van der Waals surface area (Å²) in [4.78, 5) is 2.38. The average Bonchev–Trinajstić information content (AvgIpc) is 3.81. The van der Waals surface area contributed by atoms with Gasteiger partial charge in [0.05, 0.1) is 27.8 Å². The molecule has 11 rings (SSSR count). The van der Waals surface area contributed by atoms with Crippen LogP contribution < -0.4 is 4.90 Å². The SMILES string of the molecule is c1ccc(-c2cccc(N(c3ccc(-c4ccccc4-n4c5ccccc5c5ccccc54)cc3)c3cccc4oc5c6ccccc6ccc5c34)c2)cc1. The van der Waals surface area contributed by atoms with Crippen molar-refractivity contribution in [2.45, 2.75) is 0 Å². The van der Waals surface area contributed by atoms with Crippen LogP contribution in [0.2, 0.25) is 0 Å². The molecule has 0 saturated carbocycles. The number of anilines is 3. The zero-order valence-corrected chi connectivity index (χ0v) is 29.9. The molecule has 0 saturated heterocycles. The Hall–Kier alpha value is -7.36. The Labute approximate surface area is 318 Å². The van der Waals surface area contributed by atoms with Gasteiger partial charge in [-0.25, -0.2) is 0 Å². The van der Waals surface area contributed by atoms with Gasteiger partial charge in [0.25, 0.3) is 0 Å². The molecule has 11 aromatic rings. The van der Waals surface area contributed by atoms with Crippen LogP contribution in [0.15, 0.2) is 211 Å². The first-order valence-electron chi connectivity index (χ1n) is 18.8. The van der Waals surface area contributed by atoms with Gasteiger partial charge in [-0.2, -0.15) is 0 Å². The van der Waals surface area contributed by atoms with Gasteiger partial charge in [-0.05, 0) is 82.7 Å². The van der Waals surface area contributed by atoms with Crippen molar-refractivity contribution in [2.24, 2.45) is 0 Å². The van der Waals surface area contributed by atoms with Crippen LogP contribution >= 0.6 is 0 Å². The molecule has 258 valence electrons. The zero-order valence-electron chi connectivity index (χ0n) is 29.9. The molecule has 2 aromatic heterocycles. The molecule has 0 bridgehead atoms. The molecule has 0 aliphatic rings. The summed E-state index contributed by atoms with van der Waals surface area (Å²) in [6.45, 7) is 0. The van der Waals surface area contributed by atoms with Crippen LogP contribution in [0.5, 0.6) is 0 Å². The van der Waals surface area contributed by atoms with E-state index in [4.69, 9.17) is 4.42 Å². The second-order valence-corrected chi connectivity index (χ2v) is 14.1. The topological polar surface area (TPSA) is 21.3 Å². The Bertz CT molecular complexity index is 3150. The van der Waals surface area contributed by atoms with Crippen LogP contribution in [-0.2, 0) is 0 Å². The third kappa shape index (κ3) is 5.05. The fourth-order valence-electron chi connectivity index (χ4n) is 8.49. The fourth-order valence-corrected chi connectivity index (χ4v) is 8.49. The quantitative estimate of drug-likeness (QED) is 0.172. The van der Waals surface area contributed by atoms with Crippen LogP contribution in [0.3, 0.4) is 0 Å². The molecule has 0 radical (unpaired) electrons. The van der Waals surface area contributed by atoms with E-state index < -0.39 is 0 Å². The highest BCUT2D eigenvalue weighted by molar-refractivity contribution is 6.19. The molecule has 0 N–H and O–H groups in total. The van der Waals surface area contributed by atoms with Crippen molar-refractivity contribution < 1.29 is 4.42 Å². The predicted molar refractivity (Wildman–Crippen MR) is 231 cm³/mol. The van der Waals surface area contributed by atoms with Crippen molar-refractivity contribution in [3.05, 3.63) is 206 Å². The Balaban J connectivity index is 1.10. The zero-order chi connectivity index (χ0) is 36.3. The first-order valence-corrected chi connectivity index (χ1v) is 18.8. The molecule has 0 fully saturated rings. The number of fused-ring (bicyclic) bond motifs is 8. The van der Waals surface area contributed by atoms with Crippen LogP contribution in [0.4, 0.5) is 17.1 Å². The van der Waals surface area contributed by atoms with Crippen LogP contribution in [0, 0.1) is 0 Å². The lowest BCUT2D eigenvalue weighted by atomic mass is 10.0. The van der Waals surface area contributed by atoms with E-state index in [1.165, 1.54) is 38.3 Å². The Kier molecular flexibility index (Phi) is 7.17. The van der Waals surface area contributed by atoms with Crippen molar-refractivity contribution in [1.29, 1.82) is 0 Å². The Morgan fingerprint density at radius 1 is 0.400 bits per heavy atom. The largest absolute Gasteiger partial charge is 0.455 e. The minimum atomic E-state index is 0.866. The summed E-state index contributed by atoms with van der Waals surface area (Å²) in [6, 6.07) is 73.9. The highest BCUT2D eigenvalue weighted by Crippen LogP contribution is 2.45. The van der Waals surface area contributed by atoms with E-state index in [0.29, 0.717) is 0 Å². The van der Waals surface area contributed by atoms with E-state index in [-0.39, 0.29) is 0 Å².